The molecule has 0 spiro atoms. The van der Waals surface area contributed by atoms with Gasteiger partial charge >= 0.3 is 11.7 Å². The maximum atomic E-state index is 13.2. The first-order valence-corrected chi connectivity index (χ1v) is 6.36. The van der Waals surface area contributed by atoms with Crippen molar-refractivity contribution in [1.29, 1.82) is 0 Å². The van der Waals surface area contributed by atoms with E-state index in [1.807, 2.05) is 0 Å². The van der Waals surface area contributed by atoms with Crippen molar-refractivity contribution >= 4 is 17.6 Å². The third-order valence-corrected chi connectivity index (χ3v) is 3.45. The first-order chi connectivity index (χ1) is 9.90. The summed E-state index contributed by atoms with van der Waals surface area (Å²) in [4.78, 5) is 34.3. The molecule has 0 bridgehead atoms. The second kappa shape index (κ2) is 5.86. The molecule has 21 heavy (non-hydrogen) atoms. The van der Waals surface area contributed by atoms with Gasteiger partial charge in [-0.25, -0.2) is 0 Å². The molecule has 1 saturated heterocycles. The molecule has 112 valence electrons. The fourth-order valence-corrected chi connectivity index (χ4v) is 2.33. The van der Waals surface area contributed by atoms with Crippen LogP contribution in [-0.2, 0) is 4.79 Å². The molecule has 1 heterocycles. The number of nitro benzene ring substituents is 1. The van der Waals surface area contributed by atoms with Crippen LogP contribution in [0.15, 0.2) is 18.2 Å². The van der Waals surface area contributed by atoms with Crippen molar-refractivity contribution in [2.24, 2.45) is 5.92 Å². The Morgan fingerprint density at radius 1 is 1.43 bits per heavy atom. The van der Waals surface area contributed by atoms with E-state index < -0.39 is 34.2 Å². The number of rotatable bonds is 3. The van der Waals surface area contributed by atoms with Crippen molar-refractivity contribution in [2.45, 2.75) is 12.8 Å². The number of halogens is 1. The number of nitro groups is 1. The van der Waals surface area contributed by atoms with E-state index in [2.05, 4.69) is 0 Å². The molecule has 1 fully saturated rings. The molecule has 1 aliphatic rings. The average molecular weight is 296 g/mol. The summed E-state index contributed by atoms with van der Waals surface area (Å²) in [5, 5.41) is 19.7. The SMILES string of the molecule is O=C(O)[C@@H]1CCCN(C(=O)c2ccc(F)c([N+](=O)[O-])c2)C1. The van der Waals surface area contributed by atoms with Crippen molar-refractivity contribution in [3.8, 4) is 0 Å². The predicted molar refractivity (Wildman–Crippen MR) is 69.3 cm³/mol. The number of benzene rings is 1. The average Bonchev–Trinajstić information content (AvgIpc) is 2.46. The minimum atomic E-state index is -1.02. The number of nitrogens with zero attached hydrogens (tertiary/aromatic N) is 2. The molecule has 1 aromatic rings. The lowest BCUT2D eigenvalue weighted by molar-refractivity contribution is -0.387. The van der Waals surface area contributed by atoms with E-state index in [0.717, 1.165) is 18.2 Å². The number of piperidine rings is 1. The maximum Gasteiger partial charge on any atom is 0.308 e. The summed E-state index contributed by atoms with van der Waals surface area (Å²) in [6.07, 6.45) is 1.04. The highest BCUT2D eigenvalue weighted by Crippen LogP contribution is 2.22. The summed E-state index contributed by atoms with van der Waals surface area (Å²) < 4.78 is 13.2. The van der Waals surface area contributed by atoms with Crippen LogP contribution in [0.4, 0.5) is 10.1 Å². The van der Waals surface area contributed by atoms with Gasteiger partial charge in [-0.3, -0.25) is 19.7 Å². The molecule has 0 aromatic heterocycles. The molecule has 1 N–H and O–H groups in total. The number of carboxylic acids is 1. The van der Waals surface area contributed by atoms with Crippen LogP contribution in [0.25, 0.3) is 0 Å². The minimum absolute atomic E-state index is 0.0193. The van der Waals surface area contributed by atoms with E-state index in [-0.39, 0.29) is 12.1 Å². The summed E-state index contributed by atoms with van der Waals surface area (Å²) >= 11 is 0. The molecule has 2 rings (SSSR count). The fraction of sp³-hybridized carbons (Fsp3) is 0.385. The first-order valence-electron chi connectivity index (χ1n) is 6.36. The van der Waals surface area contributed by atoms with E-state index in [1.54, 1.807) is 0 Å². The van der Waals surface area contributed by atoms with Gasteiger partial charge in [-0.2, -0.15) is 4.39 Å². The topological polar surface area (TPSA) is 101 Å². The lowest BCUT2D eigenvalue weighted by Gasteiger charge is -2.30. The number of likely N-dealkylation sites (tertiary alicyclic amines) is 1. The third kappa shape index (κ3) is 3.15. The van der Waals surface area contributed by atoms with Gasteiger partial charge in [0.1, 0.15) is 0 Å². The zero-order valence-electron chi connectivity index (χ0n) is 11.0. The Morgan fingerprint density at radius 2 is 2.14 bits per heavy atom. The number of hydrogen-bond donors (Lipinski definition) is 1. The standard InChI is InChI=1S/C13H13FN2O5/c14-10-4-3-8(6-11(10)16(20)21)12(17)15-5-1-2-9(7-15)13(18)19/h3-4,6,9H,1-2,5,7H2,(H,18,19)/t9-/m1/s1. The van der Waals surface area contributed by atoms with Gasteiger partial charge in [0, 0.05) is 24.7 Å². The van der Waals surface area contributed by atoms with Gasteiger partial charge < -0.3 is 10.0 Å². The van der Waals surface area contributed by atoms with Crippen molar-refractivity contribution < 1.29 is 24.0 Å². The van der Waals surface area contributed by atoms with Crippen molar-refractivity contribution in [3.63, 3.8) is 0 Å². The number of carbonyl (C=O) groups is 2. The number of carbonyl (C=O) groups excluding carboxylic acids is 1. The van der Waals surface area contributed by atoms with Crippen LogP contribution in [-0.4, -0.2) is 39.9 Å². The third-order valence-electron chi connectivity index (χ3n) is 3.45. The second-order valence-electron chi connectivity index (χ2n) is 4.85. The van der Waals surface area contributed by atoms with Crippen LogP contribution in [0.2, 0.25) is 0 Å². The lowest BCUT2D eigenvalue weighted by Crippen LogP contribution is -2.42. The van der Waals surface area contributed by atoms with Crippen LogP contribution in [0.5, 0.6) is 0 Å². The fourth-order valence-electron chi connectivity index (χ4n) is 2.33. The van der Waals surface area contributed by atoms with Crippen LogP contribution < -0.4 is 0 Å². The van der Waals surface area contributed by atoms with Crippen molar-refractivity contribution in [3.05, 3.63) is 39.7 Å². The lowest BCUT2D eigenvalue weighted by atomic mass is 9.97. The maximum absolute atomic E-state index is 13.2. The van der Waals surface area contributed by atoms with Gasteiger partial charge in [0.15, 0.2) is 0 Å². The molecule has 8 heteroatoms. The van der Waals surface area contributed by atoms with Crippen LogP contribution in [0.3, 0.4) is 0 Å². The molecule has 0 aliphatic carbocycles. The molecule has 7 nitrogen and oxygen atoms in total. The quantitative estimate of drug-likeness (QED) is 0.675. The first kappa shape index (κ1) is 14.9. The molecular weight excluding hydrogens is 283 g/mol. The Morgan fingerprint density at radius 3 is 2.76 bits per heavy atom. The highest BCUT2D eigenvalue weighted by Gasteiger charge is 2.29. The molecule has 0 unspecified atom stereocenters. The summed E-state index contributed by atoms with van der Waals surface area (Å²) in [5.74, 6) is -3.15. The van der Waals surface area contributed by atoms with E-state index in [4.69, 9.17) is 5.11 Å². The van der Waals surface area contributed by atoms with Crippen LogP contribution >= 0.6 is 0 Å². The Kier molecular flexibility index (Phi) is 4.15. The molecule has 0 saturated carbocycles. The number of hydrogen-bond acceptors (Lipinski definition) is 4. The summed E-state index contributed by atoms with van der Waals surface area (Å²) in [6.45, 7) is 0.438. The zero-order valence-corrected chi connectivity index (χ0v) is 11.0. The minimum Gasteiger partial charge on any atom is -0.481 e. The summed E-state index contributed by atoms with van der Waals surface area (Å²) in [5.41, 5.74) is -0.790. The van der Waals surface area contributed by atoms with E-state index in [0.29, 0.717) is 19.4 Å². The predicted octanol–water partition coefficient (Wildman–Crippen LogP) is 1.67. The zero-order chi connectivity index (χ0) is 15.6. The van der Waals surface area contributed by atoms with E-state index in [9.17, 15) is 24.1 Å². The largest absolute Gasteiger partial charge is 0.481 e. The van der Waals surface area contributed by atoms with E-state index in [1.165, 1.54) is 4.90 Å². The van der Waals surface area contributed by atoms with Gasteiger partial charge in [-0.15, -0.1) is 0 Å². The molecular formula is C13H13FN2O5. The normalized spacial score (nSPS) is 18.3. The van der Waals surface area contributed by atoms with Gasteiger partial charge in [0.2, 0.25) is 5.82 Å². The Labute approximate surface area is 119 Å². The van der Waals surface area contributed by atoms with Crippen molar-refractivity contribution in [2.75, 3.05) is 13.1 Å². The molecule has 1 aliphatic heterocycles. The van der Waals surface area contributed by atoms with Crippen molar-refractivity contribution in [1.82, 2.24) is 4.90 Å². The van der Waals surface area contributed by atoms with Gasteiger partial charge in [0.05, 0.1) is 10.8 Å². The van der Waals surface area contributed by atoms with Crippen LogP contribution in [0, 0.1) is 21.8 Å². The van der Waals surface area contributed by atoms with Gasteiger partial charge in [-0.05, 0) is 25.0 Å². The summed E-state index contributed by atoms with van der Waals surface area (Å²) in [6, 6.07) is 2.90. The second-order valence-corrected chi connectivity index (χ2v) is 4.85. The number of aliphatic carboxylic acids is 1. The molecule has 0 radical (unpaired) electrons. The Bertz CT molecular complexity index is 604. The smallest absolute Gasteiger partial charge is 0.308 e. The summed E-state index contributed by atoms with van der Waals surface area (Å²) in [7, 11) is 0. The Balaban J connectivity index is 2.22. The number of carboxylic acid groups (broad SMARTS) is 1. The number of amides is 1. The van der Waals surface area contributed by atoms with E-state index >= 15 is 0 Å². The molecule has 1 amide bonds. The highest BCUT2D eigenvalue weighted by atomic mass is 19.1. The van der Waals surface area contributed by atoms with Crippen LogP contribution in [0.1, 0.15) is 23.2 Å². The van der Waals surface area contributed by atoms with Gasteiger partial charge in [0.25, 0.3) is 5.91 Å². The van der Waals surface area contributed by atoms with Gasteiger partial charge in [-0.1, -0.05) is 0 Å². The highest BCUT2D eigenvalue weighted by molar-refractivity contribution is 5.95. The molecule has 1 aromatic carbocycles. The molecule has 1 atom stereocenters. The monoisotopic (exact) mass is 296 g/mol. The Hall–Kier alpha value is -2.51.